The molecule has 2 aromatic rings. The first-order valence-electron chi connectivity index (χ1n) is 8.35. The van der Waals surface area contributed by atoms with Crippen LogP contribution in [0.2, 0.25) is 10.0 Å². The summed E-state index contributed by atoms with van der Waals surface area (Å²) in [7, 11) is -3.65. The second-order valence-corrected chi connectivity index (χ2v) is 10.5. The van der Waals surface area contributed by atoms with Gasteiger partial charge in [0.05, 0.1) is 27.4 Å². The minimum absolute atomic E-state index is 0.154. The number of nitriles is 1. The monoisotopic (exact) mass is 554 g/mol. The quantitative estimate of drug-likeness (QED) is 0.440. The Bertz CT molecular complexity index is 1070. The molecule has 1 aliphatic rings. The molecule has 1 aromatic heterocycles. The summed E-state index contributed by atoms with van der Waals surface area (Å²) in [6.45, 7) is 0. The van der Waals surface area contributed by atoms with E-state index in [2.05, 4.69) is 5.10 Å². The second-order valence-electron chi connectivity index (χ2n) is 6.14. The van der Waals surface area contributed by atoms with Crippen LogP contribution in [-0.4, -0.2) is 42.8 Å². The second kappa shape index (κ2) is 9.54. The zero-order valence-corrected chi connectivity index (χ0v) is 19.4. The lowest BCUT2D eigenvalue weighted by Crippen LogP contribution is -2.27. The third kappa shape index (κ3) is 5.11. The average Bonchev–Trinajstić information content (AvgIpc) is 2.84. The first-order valence-corrected chi connectivity index (χ1v) is 12.6. The molecule has 0 radical (unpaired) electrons. The van der Waals surface area contributed by atoms with Crippen LogP contribution in [0.5, 0.6) is 0 Å². The van der Waals surface area contributed by atoms with E-state index < -0.39 is 48.7 Å². The fraction of sp³-hybridized carbons (Fsp3) is 0.375. The molecule has 0 amide bonds. The molecule has 16 heteroatoms. The van der Waals surface area contributed by atoms with Crippen molar-refractivity contribution in [2.45, 2.75) is 16.6 Å². The lowest BCUT2D eigenvalue weighted by molar-refractivity contribution is -0.137. The molecule has 1 aromatic carbocycles. The lowest BCUT2D eigenvalue weighted by Gasteiger charge is -2.24. The smallest absolute Gasteiger partial charge is 0.337 e. The van der Waals surface area contributed by atoms with E-state index >= 15 is 0 Å². The Balaban J connectivity index is 2.33. The van der Waals surface area contributed by atoms with Crippen LogP contribution in [0.15, 0.2) is 17.0 Å². The predicted molar refractivity (Wildman–Crippen MR) is 113 cm³/mol. The summed E-state index contributed by atoms with van der Waals surface area (Å²) in [5.74, 6) is 1.30. The van der Waals surface area contributed by atoms with Gasteiger partial charge >= 0.3 is 11.7 Å². The summed E-state index contributed by atoms with van der Waals surface area (Å²) in [5.41, 5.74) is -7.56. The zero-order chi connectivity index (χ0) is 23.8. The van der Waals surface area contributed by atoms with Gasteiger partial charge in [0.15, 0.2) is 22.3 Å². The molecule has 3 rings (SSSR count). The fourth-order valence-electron chi connectivity index (χ4n) is 2.75. The van der Waals surface area contributed by atoms with E-state index in [0.717, 1.165) is 4.68 Å². The van der Waals surface area contributed by atoms with Crippen molar-refractivity contribution in [1.29, 1.82) is 5.26 Å². The van der Waals surface area contributed by atoms with E-state index in [9.17, 15) is 35.8 Å². The van der Waals surface area contributed by atoms with Crippen LogP contribution in [0, 0.1) is 11.3 Å². The molecule has 0 N–H and O–H groups in total. The number of hydrogen-bond acceptors (Lipinski definition) is 6. The van der Waals surface area contributed by atoms with Crippen LogP contribution in [0.4, 0.5) is 32.2 Å². The molecular formula is C16H10Cl2F6N4OS3. The van der Waals surface area contributed by atoms with Crippen molar-refractivity contribution in [3.63, 3.8) is 0 Å². The molecule has 1 fully saturated rings. The third-order valence-corrected chi connectivity index (χ3v) is 8.02. The van der Waals surface area contributed by atoms with Crippen LogP contribution in [0.1, 0.15) is 11.3 Å². The van der Waals surface area contributed by atoms with E-state index in [4.69, 9.17) is 23.2 Å². The van der Waals surface area contributed by atoms with Gasteiger partial charge in [-0.1, -0.05) is 23.2 Å². The Kier molecular flexibility index (Phi) is 7.56. The molecule has 1 unspecified atom stereocenters. The molecule has 0 saturated carbocycles. The van der Waals surface area contributed by atoms with Crippen molar-refractivity contribution in [2.24, 2.45) is 0 Å². The van der Waals surface area contributed by atoms with Crippen molar-refractivity contribution in [3.8, 4) is 11.8 Å². The van der Waals surface area contributed by atoms with Crippen molar-refractivity contribution >= 4 is 63.3 Å². The number of hydrogen-bond donors (Lipinski definition) is 0. The molecule has 2 heterocycles. The Morgan fingerprint density at radius 1 is 1.06 bits per heavy atom. The molecule has 0 aliphatic carbocycles. The number of anilines is 1. The summed E-state index contributed by atoms with van der Waals surface area (Å²) in [5, 5.41) is 12.1. The number of benzene rings is 1. The van der Waals surface area contributed by atoms with Gasteiger partial charge in [-0.15, -0.1) is 23.5 Å². The van der Waals surface area contributed by atoms with Crippen LogP contribution in [0.3, 0.4) is 0 Å². The molecule has 1 saturated heterocycles. The normalized spacial score (nSPS) is 16.5. The van der Waals surface area contributed by atoms with Crippen molar-refractivity contribution in [2.75, 3.05) is 28.2 Å². The summed E-state index contributed by atoms with van der Waals surface area (Å²) in [4.78, 5) is 0.495. The molecule has 32 heavy (non-hydrogen) atoms. The van der Waals surface area contributed by atoms with Crippen molar-refractivity contribution in [3.05, 3.63) is 33.4 Å². The van der Waals surface area contributed by atoms with Crippen LogP contribution in [0.25, 0.3) is 5.69 Å². The number of rotatable bonds is 3. The average molecular weight is 555 g/mol. The van der Waals surface area contributed by atoms with Gasteiger partial charge < -0.3 is 4.90 Å². The van der Waals surface area contributed by atoms with E-state index in [0.29, 0.717) is 23.6 Å². The molecule has 1 atom stereocenters. The van der Waals surface area contributed by atoms with Crippen molar-refractivity contribution in [1.82, 2.24) is 9.78 Å². The molecule has 0 spiro atoms. The SMILES string of the molecule is N#Cc1nn(-c2c(Cl)cc(C(F)(F)F)cc2Cl)c(N2CSCCSC2)c1S(=O)C(F)(F)F. The topological polar surface area (TPSA) is 61.9 Å². The highest BCUT2D eigenvalue weighted by Gasteiger charge is 2.44. The maximum absolute atomic E-state index is 13.4. The van der Waals surface area contributed by atoms with Gasteiger partial charge in [0.25, 0.3) is 0 Å². The van der Waals surface area contributed by atoms with Gasteiger partial charge in [-0.2, -0.15) is 36.7 Å². The standard InChI is InChI=1S/C16H10Cl2F6N4OS3/c17-9-3-8(15(19,20)21)4-10(18)12(9)28-14(27-6-30-1-2-31-7-27)13(11(5-25)26-28)32(29)16(22,23)24/h3-4H,1-2,6-7H2. The van der Waals surface area contributed by atoms with Crippen LogP contribution in [-0.2, 0) is 17.0 Å². The third-order valence-electron chi connectivity index (χ3n) is 4.04. The van der Waals surface area contributed by atoms with Gasteiger partial charge in [0.2, 0.25) is 0 Å². The number of halogens is 8. The van der Waals surface area contributed by atoms with Gasteiger partial charge in [-0.25, -0.2) is 8.89 Å². The maximum Gasteiger partial charge on any atom is 0.476 e. The summed E-state index contributed by atoms with van der Waals surface area (Å²) >= 11 is 14.8. The highest BCUT2D eigenvalue weighted by molar-refractivity contribution is 8.03. The molecular weight excluding hydrogens is 545 g/mol. The zero-order valence-electron chi connectivity index (χ0n) is 15.4. The first-order chi connectivity index (χ1) is 14.9. The number of thioether (sulfide) groups is 2. The fourth-order valence-corrected chi connectivity index (χ4v) is 6.45. The van der Waals surface area contributed by atoms with Crippen LogP contribution >= 0.6 is 46.7 Å². The summed E-state index contributed by atoms with van der Waals surface area (Å²) < 4.78 is 92.5. The lowest BCUT2D eigenvalue weighted by atomic mass is 10.2. The summed E-state index contributed by atoms with van der Waals surface area (Å²) in [6.07, 6.45) is -4.78. The van der Waals surface area contributed by atoms with E-state index in [-0.39, 0.29) is 23.3 Å². The van der Waals surface area contributed by atoms with E-state index in [1.165, 1.54) is 34.5 Å². The Morgan fingerprint density at radius 2 is 1.59 bits per heavy atom. The molecule has 174 valence electrons. The Morgan fingerprint density at radius 3 is 2.03 bits per heavy atom. The minimum Gasteiger partial charge on any atom is -0.337 e. The van der Waals surface area contributed by atoms with E-state index in [1.807, 2.05) is 0 Å². The highest BCUT2D eigenvalue weighted by atomic mass is 35.5. The minimum atomic E-state index is -5.21. The largest absolute Gasteiger partial charge is 0.476 e. The number of aromatic nitrogens is 2. The molecule has 1 aliphatic heterocycles. The van der Waals surface area contributed by atoms with Gasteiger partial charge in [0, 0.05) is 11.5 Å². The molecule has 5 nitrogen and oxygen atoms in total. The van der Waals surface area contributed by atoms with E-state index in [1.54, 1.807) is 0 Å². The maximum atomic E-state index is 13.4. The van der Waals surface area contributed by atoms with Gasteiger partial charge in [-0.05, 0) is 12.1 Å². The predicted octanol–water partition coefficient (Wildman–Crippen LogP) is 5.90. The van der Waals surface area contributed by atoms with Gasteiger partial charge in [-0.3, -0.25) is 0 Å². The van der Waals surface area contributed by atoms with Crippen molar-refractivity contribution < 1.29 is 30.6 Å². The first kappa shape index (κ1) is 25.4. The summed E-state index contributed by atoms with van der Waals surface area (Å²) in [6, 6.07) is 2.57. The number of nitrogens with zero attached hydrogens (tertiary/aromatic N) is 4. The molecule has 0 bridgehead atoms. The van der Waals surface area contributed by atoms with Crippen LogP contribution < -0.4 is 4.90 Å². The van der Waals surface area contributed by atoms with Gasteiger partial charge in [0.1, 0.15) is 16.7 Å². The Hall–Kier alpha value is -1.27. The Labute approximate surface area is 198 Å². The highest BCUT2D eigenvalue weighted by Crippen LogP contribution is 2.43. The number of alkyl halides is 6.